The molecule has 0 spiro atoms. The first-order chi connectivity index (χ1) is 10.4. The van der Waals surface area contributed by atoms with E-state index in [4.69, 9.17) is 0 Å². The van der Waals surface area contributed by atoms with Gasteiger partial charge in [-0.05, 0) is 30.3 Å². The van der Waals surface area contributed by atoms with Gasteiger partial charge in [0.25, 0.3) is 0 Å². The maximum absolute atomic E-state index is 13.2. The second-order valence-electron chi connectivity index (χ2n) is 4.45. The summed E-state index contributed by atoms with van der Waals surface area (Å²) in [7, 11) is 0. The number of halogens is 4. The van der Waals surface area contributed by atoms with E-state index in [1.807, 2.05) is 0 Å². The largest absolute Gasteiger partial charge is 0.435 e. The van der Waals surface area contributed by atoms with E-state index in [0.717, 1.165) is 6.07 Å². The summed E-state index contributed by atoms with van der Waals surface area (Å²) in [5, 5.41) is 10.1. The predicted molar refractivity (Wildman–Crippen MR) is 72.0 cm³/mol. The maximum atomic E-state index is 13.2. The number of pyridine rings is 1. The number of aromatic nitrogens is 3. The molecule has 0 bridgehead atoms. The van der Waals surface area contributed by atoms with Crippen molar-refractivity contribution in [3.8, 4) is 0 Å². The molecule has 0 atom stereocenters. The second kappa shape index (κ2) is 5.21. The van der Waals surface area contributed by atoms with Crippen LogP contribution < -0.4 is 5.32 Å². The molecule has 8 heteroatoms. The van der Waals surface area contributed by atoms with Gasteiger partial charge in [-0.25, -0.2) is 4.39 Å². The SMILES string of the molecule is Fc1ccc2c(Nc3ccc(C(F)(F)F)nn3)ccnc2c1. The van der Waals surface area contributed by atoms with Gasteiger partial charge in [-0.3, -0.25) is 4.98 Å². The van der Waals surface area contributed by atoms with Crippen molar-refractivity contribution in [2.75, 3.05) is 5.32 Å². The summed E-state index contributed by atoms with van der Waals surface area (Å²) >= 11 is 0. The molecule has 0 aliphatic carbocycles. The first-order valence-electron chi connectivity index (χ1n) is 6.16. The molecular formula is C14H8F4N4. The molecule has 0 fully saturated rings. The van der Waals surface area contributed by atoms with Crippen molar-refractivity contribution >= 4 is 22.4 Å². The molecular weight excluding hydrogens is 300 g/mol. The highest BCUT2D eigenvalue weighted by Crippen LogP contribution is 2.28. The Morgan fingerprint density at radius 1 is 0.955 bits per heavy atom. The van der Waals surface area contributed by atoms with E-state index in [9.17, 15) is 17.6 Å². The standard InChI is InChI=1S/C14H8F4N4/c15-8-1-2-9-10(5-6-19-11(9)7-8)20-13-4-3-12(21-22-13)14(16,17)18/h1-7H,(H,19,20,22). The van der Waals surface area contributed by atoms with Crippen LogP contribution >= 0.6 is 0 Å². The van der Waals surface area contributed by atoms with Crippen molar-refractivity contribution in [1.29, 1.82) is 0 Å². The maximum Gasteiger partial charge on any atom is 0.435 e. The number of alkyl halides is 3. The van der Waals surface area contributed by atoms with Crippen LogP contribution in [0.2, 0.25) is 0 Å². The molecule has 0 radical (unpaired) electrons. The minimum atomic E-state index is -4.54. The molecule has 0 aliphatic rings. The smallest absolute Gasteiger partial charge is 0.338 e. The van der Waals surface area contributed by atoms with E-state index in [0.29, 0.717) is 16.6 Å². The Labute approximate surface area is 121 Å². The molecule has 4 nitrogen and oxygen atoms in total. The Balaban J connectivity index is 1.93. The van der Waals surface area contributed by atoms with Crippen molar-refractivity contribution in [3.05, 3.63) is 54.1 Å². The average Bonchev–Trinajstić information content (AvgIpc) is 2.47. The van der Waals surface area contributed by atoms with Gasteiger partial charge in [0.2, 0.25) is 0 Å². The summed E-state index contributed by atoms with van der Waals surface area (Å²) in [5.74, 6) is -0.281. The van der Waals surface area contributed by atoms with Crippen molar-refractivity contribution in [1.82, 2.24) is 15.2 Å². The van der Waals surface area contributed by atoms with Crippen LogP contribution in [0.1, 0.15) is 5.69 Å². The zero-order valence-electron chi connectivity index (χ0n) is 10.9. The van der Waals surface area contributed by atoms with Gasteiger partial charge in [0.1, 0.15) is 5.82 Å². The zero-order valence-corrected chi connectivity index (χ0v) is 10.9. The quantitative estimate of drug-likeness (QED) is 0.729. The van der Waals surface area contributed by atoms with Gasteiger partial charge in [-0.15, -0.1) is 10.2 Å². The van der Waals surface area contributed by atoms with Crippen molar-refractivity contribution in [2.45, 2.75) is 6.18 Å². The number of hydrogen-bond acceptors (Lipinski definition) is 4. The van der Waals surface area contributed by atoms with Crippen LogP contribution in [-0.4, -0.2) is 15.2 Å². The molecule has 3 rings (SSSR count). The molecule has 1 N–H and O–H groups in total. The zero-order chi connectivity index (χ0) is 15.7. The molecule has 112 valence electrons. The highest BCUT2D eigenvalue weighted by molar-refractivity contribution is 5.92. The van der Waals surface area contributed by atoms with Gasteiger partial charge >= 0.3 is 6.18 Å². The van der Waals surface area contributed by atoms with Crippen LogP contribution in [0.4, 0.5) is 29.1 Å². The molecule has 22 heavy (non-hydrogen) atoms. The van der Waals surface area contributed by atoms with E-state index < -0.39 is 17.7 Å². The highest BCUT2D eigenvalue weighted by atomic mass is 19.4. The van der Waals surface area contributed by atoms with E-state index in [2.05, 4.69) is 20.5 Å². The summed E-state index contributed by atoms with van der Waals surface area (Å²) in [5.41, 5.74) is -0.108. The number of hydrogen-bond donors (Lipinski definition) is 1. The van der Waals surface area contributed by atoms with Crippen LogP contribution in [0.25, 0.3) is 10.9 Å². The van der Waals surface area contributed by atoms with E-state index >= 15 is 0 Å². The summed E-state index contributed by atoms with van der Waals surface area (Å²) in [4.78, 5) is 4.03. The Kier molecular flexibility index (Phi) is 3.36. The minimum absolute atomic E-state index is 0.143. The van der Waals surface area contributed by atoms with Crippen LogP contribution in [-0.2, 0) is 6.18 Å². The lowest BCUT2D eigenvalue weighted by molar-refractivity contribution is -0.141. The van der Waals surface area contributed by atoms with Gasteiger partial charge in [0.05, 0.1) is 11.2 Å². The van der Waals surface area contributed by atoms with Crippen molar-refractivity contribution in [2.24, 2.45) is 0 Å². The van der Waals surface area contributed by atoms with Crippen LogP contribution in [0, 0.1) is 5.82 Å². The molecule has 2 aromatic heterocycles. The molecule has 0 amide bonds. The summed E-state index contributed by atoms with van der Waals surface area (Å²) in [6, 6.07) is 7.67. The average molecular weight is 308 g/mol. The molecule has 0 unspecified atom stereocenters. The number of anilines is 2. The van der Waals surface area contributed by atoms with Gasteiger partial charge in [0.15, 0.2) is 11.5 Å². The van der Waals surface area contributed by atoms with Crippen LogP contribution in [0.5, 0.6) is 0 Å². The van der Waals surface area contributed by atoms with E-state index in [1.54, 1.807) is 6.07 Å². The predicted octanol–water partition coefficient (Wildman–Crippen LogP) is 3.93. The van der Waals surface area contributed by atoms with Gasteiger partial charge in [0, 0.05) is 17.6 Å². The monoisotopic (exact) mass is 308 g/mol. The fraction of sp³-hybridized carbons (Fsp3) is 0.0714. The Hall–Kier alpha value is -2.77. The van der Waals surface area contributed by atoms with Gasteiger partial charge in [-0.2, -0.15) is 13.2 Å². The third kappa shape index (κ3) is 2.80. The second-order valence-corrected chi connectivity index (χ2v) is 4.45. The number of benzene rings is 1. The van der Waals surface area contributed by atoms with Crippen LogP contribution in [0.3, 0.4) is 0 Å². The number of fused-ring (bicyclic) bond motifs is 1. The third-order valence-corrected chi connectivity index (χ3v) is 2.92. The molecule has 0 saturated carbocycles. The fourth-order valence-electron chi connectivity index (χ4n) is 1.92. The number of nitrogens with one attached hydrogen (secondary N) is 1. The molecule has 1 aromatic carbocycles. The first kappa shape index (κ1) is 14.2. The van der Waals surface area contributed by atoms with Crippen molar-refractivity contribution in [3.63, 3.8) is 0 Å². The fourth-order valence-corrected chi connectivity index (χ4v) is 1.92. The molecule has 2 heterocycles. The normalized spacial score (nSPS) is 11.6. The topological polar surface area (TPSA) is 50.7 Å². The number of rotatable bonds is 2. The summed E-state index contributed by atoms with van der Waals surface area (Å²) in [6.07, 6.45) is -3.08. The number of nitrogens with zero attached hydrogens (tertiary/aromatic N) is 3. The van der Waals surface area contributed by atoms with Crippen LogP contribution in [0.15, 0.2) is 42.6 Å². The minimum Gasteiger partial charge on any atom is -0.338 e. The summed E-state index contributed by atoms with van der Waals surface area (Å²) < 4.78 is 50.4. The lowest BCUT2D eigenvalue weighted by atomic mass is 10.2. The Morgan fingerprint density at radius 2 is 1.77 bits per heavy atom. The van der Waals surface area contributed by atoms with Gasteiger partial charge < -0.3 is 5.32 Å². The molecule has 3 aromatic rings. The van der Waals surface area contributed by atoms with Gasteiger partial charge in [-0.1, -0.05) is 0 Å². The molecule has 0 aliphatic heterocycles. The first-order valence-corrected chi connectivity index (χ1v) is 6.16. The van der Waals surface area contributed by atoms with E-state index in [-0.39, 0.29) is 5.82 Å². The molecule has 0 saturated heterocycles. The lowest BCUT2D eigenvalue weighted by Gasteiger charge is -2.09. The third-order valence-electron chi connectivity index (χ3n) is 2.92. The van der Waals surface area contributed by atoms with Crippen molar-refractivity contribution < 1.29 is 17.6 Å². The highest BCUT2D eigenvalue weighted by Gasteiger charge is 2.32. The lowest BCUT2D eigenvalue weighted by Crippen LogP contribution is -2.09. The Bertz CT molecular complexity index is 815. The Morgan fingerprint density at radius 3 is 2.45 bits per heavy atom. The summed E-state index contributed by atoms with van der Waals surface area (Å²) in [6.45, 7) is 0. The van der Waals surface area contributed by atoms with E-state index in [1.165, 1.54) is 30.5 Å².